The standard InChI is InChI=1S/C24H32N4O3.HI/c1-30-21-9-8-19(14-22(21)31-2)10-12-26-24(25)27-16-20-15-23(29)28(17-20)13-11-18-6-4-3-5-7-18;/h3-9,14,20H,10-13,15-17H2,1-2H3,(H3,25,26,27);1H. The van der Waals surface area contributed by atoms with E-state index in [1.54, 1.807) is 14.2 Å². The van der Waals surface area contributed by atoms with Gasteiger partial charge in [0.25, 0.3) is 0 Å². The maximum absolute atomic E-state index is 12.3. The molecule has 1 amide bonds. The number of nitrogens with two attached hydrogens (primary N) is 1. The van der Waals surface area contributed by atoms with Crippen molar-refractivity contribution in [1.29, 1.82) is 0 Å². The van der Waals surface area contributed by atoms with Crippen molar-refractivity contribution in [3.05, 3.63) is 59.7 Å². The smallest absolute Gasteiger partial charge is 0.223 e. The quantitative estimate of drug-likeness (QED) is 0.269. The number of hydrogen-bond donors (Lipinski definition) is 2. The lowest BCUT2D eigenvalue weighted by atomic mass is 10.1. The van der Waals surface area contributed by atoms with E-state index in [-0.39, 0.29) is 35.8 Å². The molecule has 1 heterocycles. The lowest BCUT2D eigenvalue weighted by Gasteiger charge is -2.16. The highest BCUT2D eigenvalue weighted by Crippen LogP contribution is 2.27. The van der Waals surface area contributed by atoms with Crippen LogP contribution in [0.5, 0.6) is 11.5 Å². The summed E-state index contributed by atoms with van der Waals surface area (Å²) in [6.07, 6.45) is 2.20. The Morgan fingerprint density at radius 3 is 2.56 bits per heavy atom. The zero-order chi connectivity index (χ0) is 22.1. The van der Waals surface area contributed by atoms with Crippen LogP contribution in [0.1, 0.15) is 17.5 Å². The fourth-order valence-electron chi connectivity index (χ4n) is 3.76. The fourth-order valence-corrected chi connectivity index (χ4v) is 3.76. The van der Waals surface area contributed by atoms with Gasteiger partial charge in [0.1, 0.15) is 0 Å². The molecule has 1 atom stereocenters. The topological polar surface area (TPSA) is 89.2 Å². The minimum absolute atomic E-state index is 0. The summed E-state index contributed by atoms with van der Waals surface area (Å²) in [5.74, 6) is 2.26. The molecule has 1 fully saturated rings. The van der Waals surface area contributed by atoms with Crippen LogP contribution in [-0.2, 0) is 17.6 Å². The van der Waals surface area contributed by atoms with Crippen molar-refractivity contribution in [2.75, 3.05) is 40.4 Å². The molecule has 8 heteroatoms. The van der Waals surface area contributed by atoms with Crippen LogP contribution >= 0.6 is 24.0 Å². The molecule has 0 bridgehead atoms. The number of carbonyl (C=O) groups is 1. The molecule has 7 nitrogen and oxygen atoms in total. The van der Waals surface area contributed by atoms with Gasteiger partial charge in [-0.15, -0.1) is 24.0 Å². The van der Waals surface area contributed by atoms with Gasteiger partial charge in [-0.05, 0) is 36.1 Å². The molecule has 0 aliphatic carbocycles. The molecular formula is C24H33IN4O3. The Balaban J connectivity index is 0.00000363. The number of rotatable bonds is 10. The molecule has 1 unspecified atom stereocenters. The molecular weight excluding hydrogens is 519 g/mol. The van der Waals surface area contributed by atoms with Crippen LogP contribution in [0.3, 0.4) is 0 Å². The molecule has 2 aromatic rings. The van der Waals surface area contributed by atoms with Gasteiger partial charge in [0.2, 0.25) is 5.91 Å². The zero-order valence-corrected chi connectivity index (χ0v) is 21.1. The Kier molecular flexibility index (Phi) is 10.6. The Labute approximate surface area is 207 Å². The predicted molar refractivity (Wildman–Crippen MR) is 138 cm³/mol. The van der Waals surface area contributed by atoms with Crippen LogP contribution in [0.25, 0.3) is 0 Å². The van der Waals surface area contributed by atoms with Crippen molar-refractivity contribution < 1.29 is 14.3 Å². The molecule has 2 aromatic carbocycles. The Bertz CT molecular complexity index is 892. The molecule has 0 saturated carbocycles. The number of carbonyl (C=O) groups excluding carboxylic acids is 1. The van der Waals surface area contributed by atoms with Gasteiger partial charge in [0.15, 0.2) is 17.5 Å². The van der Waals surface area contributed by atoms with Crippen molar-refractivity contribution in [2.45, 2.75) is 19.3 Å². The molecule has 1 aliphatic rings. The third-order valence-corrected chi connectivity index (χ3v) is 5.50. The number of halogens is 1. The molecule has 3 rings (SSSR count). The lowest BCUT2D eigenvalue weighted by Crippen LogP contribution is -2.34. The Morgan fingerprint density at radius 2 is 1.84 bits per heavy atom. The summed E-state index contributed by atoms with van der Waals surface area (Å²) in [7, 11) is 3.25. The SMILES string of the molecule is COc1ccc(CCNC(N)=NCC2CC(=O)N(CCc3ccccc3)C2)cc1OC.I. The average molecular weight is 552 g/mol. The first kappa shape index (κ1) is 25.8. The largest absolute Gasteiger partial charge is 0.493 e. The molecule has 1 aliphatic heterocycles. The molecule has 174 valence electrons. The highest BCUT2D eigenvalue weighted by Gasteiger charge is 2.28. The zero-order valence-electron chi connectivity index (χ0n) is 18.8. The van der Waals surface area contributed by atoms with Gasteiger partial charge in [0, 0.05) is 38.5 Å². The number of methoxy groups -OCH3 is 2. The normalized spacial score (nSPS) is 15.9. The fraction of sp³-hybridized carbons (Fsp3) is 0.417. The maximum atomic E-state index is 12.3. The van der Waals surface area contributed by atoms with Gasteiger partial charge < -0.3 is 25.4 Å². The van der Waals surface area contributed by atoms with E-state index in [0.717, 1.165) is 31.5 Å². The molecule has 0 aromatic heterocycles. The van der Waals surface area contributed by atoms with Crippen molar-refractivity contribution in [2.24, 2.45) is 16.6 Å². The summed E-state index contributed by atoms with van der Waals surface area (Å²) in [6.45, 7) is 2.72. The second-order valence-electron chi connectivity index (χ2n) is 7.74. The monoisotopic (exact) mass is 552 g/mol. The Hall–Kier alpha value is -2.49. The number of likely N-dealkylation sites (tertiary alicyclic amines) is 1. The number of benzene rings is 2. The van der Waals surface area contributed by atoms with Crippen molar-refractivity contribution in [1.82, 2.24) is 10.2 Å². The summed E-state index contributed by atoms with van der Waals surface area (Å²) in [5.41, 5.74) is 8.39. The molecule has 3 N–H and O–H groups in total. The van der Waals surface area contributed by atoms with E-state index in [1.165, 1.54) is 5.56 Å². The molecule has 0 spiro atoms. The summed E-state index contributed by atoms with van der Waals surface area (Å²) in [5, 5.41) is 3.15. The predicted octanol–water partition coefficient (Wildman–Crippen LogP) is 2.86. The number of nitrogens with one attached hydrogen (secondary N) is 1. The van der Waals surface area contributed by atoms with E-state index in [1.807, 2.05) is 41.3 Å². The highest BCUT2D eigenvalue weighted by atomic mass is 127. The van der Waals surface area contributed by atoms with E-state index in [4.69, 9.17) is 15.2 Å². The van der Waals surface area contributed by atoms with Crippen LogP contribution in [-0.4, -0.2) is 57.2 Å². The van der Waals surface area contributed by atoms with Crippen molar-refractivity contribution in [3.63, 3.8) is 0 Å². The maximum Gasteiger partial charge on any atom is 0.223 e. The summed E-state index contributed by atoms with van der Waals surface area (Å²) in [4.78, 5) is 18.7. The number of hydrogen-bond acceptors (Lipinski definition) is 4. The highest BCUT2D eigenvalue weighted by molar-refractivity contribution is 14.0. The second kappa shape index (κ2) is 13.1. The van der Waals surface area contributed by atoms with Crippen LogP contribution < -0.4 is 20.5 Å². The van der Waals surface area contributed by atoms with Gasteiger partial charge in [-0.25, -0.2) is 0 Å². The number of nitrogens with zero attached hydrogens (tertiary/aromatic N) is 2. The van der Waals surface area contributed by atoms with Crippen molar-refractivity contribution in [3.8, 4) is 11.5 Å². The van der Waals surface area contributed by atoms with Gasteiger partial charge in [-0.2, -0.15) is 0 Å². The number of aliphatic imine (C=N–C) groups is 1. The Morgan fingerprint density at radius 1 is 1.09 bits per heavy atom. The summed E-state index contributed by atoms with van der Waals surface area (Å²) >= 11 is 0. The lowest BCUT2D eigenvalue weighted by molar-refractivity contribution is -0.127. The van der Waals surface area contributed by atoms with E-state index in [9.17, 15) is 4.79 Å². The molecule has 0 radical (unpaired) electrons. The van der Waals surface area contributed by atoms with Gasteiger partial charge in [0.05, 0.1) is 14.2 Å². The summed E-state index contributed by atoms with van der Waals surface area (Å²) < 4.78 is 10.6. The minimum Gasteiger partial charge on any atom is -0.493 e. The third kappa shape index (κ3) is 7.58. The van der Waals surface area contributed by atoms with Gasteiger partial charge in [-0.1, -0.05) is 36.4 Å². The van der Waals surface area contributed by atoms with E-state index in [0.29, 0.717) is 37.0 Å². The van der Waals surface area contributed by atoms with E-state index in [2.05, 4.69) is 22.4 Å². The first-order valence-electron chi connectivity index (χ1n) is 10.7. The van der Waals surface area contributed by atoms with Crippen LogP contribution in [0.4, 0.5) is 0 Å². The number of guanidine groups is 1. The first-order chi connectivity index (χ1) is 15.1. The van der Waals surface area contributed by atoms with Crippen LogP contribution in [0.2, 0.25) is 0 Å². The van der Waals surface area contributed by atoms with E-state index < -0.39 is 0 Å². The van der Waals surface area contributed by atoms with E-state index >= 15 is 0 Å². The number of ether oxygens (including phenoxy) is 2. The van der Waals surface area contributed by atoms with Crippen LogP contribution in [0.15, 0.2) is 53.5 Å². The summed E-state index contributed by atoms with van der Waals surface area (Å²) in [6, 6.07) is 16.1. The second-order valence-corrected chi connectivity index (χ2v) is 7.74. The average Bonchev–Trinajstić information content (AvgIpc) is 3.16. The molecule has 32 heavy (non-hydrogen) atoms. The third-order valence-electron chi connectivity index (χ3n) is 5.50. The van der Waals surface area contributed by atoms with Crippen LogP contribution in [0, 0.1) is 5.92 Å². The van der Waals surface area contributed by atoms with Gasteiger partial charge in [-0.3, -0.25) is 9.79 Å². The first-order valence-corrected chi connectivity index (χ1v) is 10.7. The van der Waals surface area contributed by atoms with Gasteiger partial charge >= 0.3 is 0 Å². The number of amides is 1. The van der Waals surface area contributed by atoms with Crippen molar-refractivity contribution >= 4 is 35.8 Å². The molecule has 1 saturated heterocycles. The minimum atomic E-state index is 0.